The molecular formula is C21H33NO5SSi. The molecule has 1 amide bonds. The number of ether oxygens (including phenoxy) is 1. The molecule has 0 spiro atoms. The molecular weight excluding hydrogens is 406 g/mol. The predicted octanol–water partition coefficient (Wildman–Crippen LogP) is 3.77. The van der Waals surface area contributed by atoms with Gasteiger partial charge in [-0.3, -0.25) is 4.79 Å². The van der Waals surface area contributed by atoms with E-state index in [1.807, 2.05) is 6.92 Å². The van der Waals surface area contributed by atoms with Gasteiger partial charge in [-0.1, -0.05) is 57.6 Å². The number of hydrogen-bond acceptors (Lipinski definition) is 5. The summed E-state index contributed by atoms with van der Waals surface area (Å²) < 4.78 is 32.0. The number of benzene rings is 1. The van der Waals surface area contributed by atoms with E-state index in [9.17, 15) is 18.0 Å². The first kappa shape index (κ1) is 25.3. The highest BCUT2D eigenvalue weighted by Crippen LogP contribution is 2.37. The number of rotatable bonds is 9. The number of aryl methyl sites for hydroxylation is 1. The summed E-state index contributed by atoms with van der Waals surface area (Å²) in [4.78, 5) is 25.2. The maximum absolute atomic E-state index is 12.7. The zero-order valence-electron chi connectivity index (χ0n) is 18.5. The first-order valence-corrected chi connectivity index (χ1v) is 14.1. The van der Waals surface area contributed by atoms with Crippen molar-refractivity contribution < 1.29 is 22.7 Å². The molecule has 1 aromatic rings. The summed E-state index contributed by atoms with van der Waals surface area (Å²) in [6.45, 7) is 12.1. The van der Waals surface area contributed by atoms with Crippen LogP contribution in [0.1, 0.15) is 39.2 Å². The van der Waals surface area contributed by atoms with Gasteiger partial charge in [-0.25, -0.2) is 13.1 Å². The highest BCUT2D eigenvalue weighted by Gasteiger charge is 2.41. The second-order valence-corrected chi connectivity index (χ2v) is 15.7. The minimum absolute atomic E-state index is 0.0151. The Morgan fingerprint density at radius 2 is 1.69 bits per heavy atom. The lowest BCUT2D eigenvalue weighted by Gasteiger charge is -2.35. The molecule has 0 unspecified atom stereocenters. The molecule has 6 nitrogen and oxygen atoms in total. The maximum atomic E-state index is 12.7. The van der Waals surface area contributed by atoms with Crippen molar-refractivity contribution in [3.63, 3.8) is 0 Å². The predicted molar refractivity (Wildman–Crippen MR) is 118 cm³/mol. The SMILES string of the molecule is COC/C(=C\CCC(=O)[Si](C)(C)C(C)(C)C)C(=O)NS(=O)(=O)c1ccc(C)cc1. The molecule has 1 N–H and O–H groups in total. The number of sulfonamides is 1. The van der Waals surface area contributed by atoms with E-state index in [2.05, 4.69) is 38.6 Å². The van der Waals surface area contributed by atoms with Crippen molar-refractivity contribution in [2.45, 2.75) is 63.6 Å². The summed E-state index contributed by atoms with van der Waals surface area (Å²) in [5.74, 6) is -0.743. The van der Waals surface area contributed by atoms with Gasteiger partial charge in [0.05, 0.1) is 11.5 Å². The van der Waals surface area contributed by atoms with E-state index < -0.39 is 24.0 Å². The van der Waals surface area contributed by atoms with Crippen molar-refractivity contribution in [1.82, 2.24) is 4.72 Å². The third kappa shape index (κ3) is 6.90. The topological polar surface area (TPSA) is 89.5 Å². The minimum atomic E-state index is -3.98. The van der Waals surface area contributed by atoms with Crippen molar-refractivity contribution >= 4 is 29.4 Å². The lowest BCUT2D eigenvalue weighted by atomic mass is 10.2. The van der Waals surface area contributed by atoms with Gasteiger partial charge in [0.1, 0.15) is 13.5 Å². The molecule has 0 aliphatic heterocycles. The third-order valence-corrected chi connectivity index (χ3v) is 12.2. The van der Waals surface area contributed by atoms with Crippen LogP contribution in [0.2, 0.25) is 18.1 Å². The van der Waals surface area contributed by atoms with Crippen molar-refractivity contribution in [3.8, 4) is 0 Å². The van der Waals surface area contributed by atoms with Crippen LogP contribution in [-0.2, 0) is 24.3 Å². The fourth-order valence-corrected chi connectivity index (χ4v) is 5.04. The molecule has 0 bridgehead atoms. The van der Waals surface area contributed by atoms with E-state index in [4.69, 9.17) is 4.74 Å². The van der Waals surface area contributed by atoms with Crippen LogP contribution in [0.3, 0.4) is 0 Å². The van der Waals surface area contributed by atoms with E-state index in [0.717, 1.165) is 5.56 Å². The van der Waals surface area contributed by atoms with E-state index in [1.54, 1.807) is 18.2 Å². The quantitative estimate of drug-likeness (QED) is 0.467. The molecule has 162 valence electrons. The van der Waals surface area contributed by atoms with Crippen molar-refractivity contribution in [2.75, 3.05) is 13.7 Å². The number of methoxy groups -OCH3 is 1. The highest BCUT2D eigenvalue weighted by molar-refractivity contribution is 7.90. The summed E-state index contributed by atoms with van der Waals surface area (Å²) in [5.41, 5.74) is 1.10. The molecule has 0 fully saturated rings. The lowest BCUT2D eigenvalue weighted by Crippen LogP contribution is -2.46. The van der Waals surface area contributed by atoms with Crippen LogP contribution >= 0.6 is 0 Å². The highest BCUT2D eigenvalue weighted by atomic mass is 32.2. The molecule has 0 aliphatic rings. The molecule has 0 saturated carbocycles. The number of carbonyl (C=O) groups is 2. The molecule has 0 radical (unpaired) electrons. The molecule has 0 atom stereocenters. The Bertz CT molecular complexity index is 865. The summed E-state index contributed by atoms with van der Waals surface area (Å²) in [5, 5.41) is 0.175. The summed E-state index contributed by atoms with van der Waals surface area (Å²) in [6, 6.07) is 6.22. The molecule has 29 heavy (non-hydrogen) atoms. The van der Waals surface area contributed by atoms with Crippen molar-refractivity contribution in [2.24, 2.45) is 0 Å². The smallest absolute Gasteiger partial charge is 0.264 e. The monoisotopic (exact) mass is 439 g/mol. The standard InChI is InChI=1S/C21H33NO5SSi/c1-16-11-13-18(14-12-16)28(25,26)22-20(24)17(15-27-5)9-8-10-19(23)29(6,7)21(2,3)4/h9,11-14H,8,10,15H2,1-7H3,(H,22,24)/b17-9+. The minimum Gasteiger partial charge on any atom is -0.380 e. The zero-order chi connectivity index (χ0) is 22.5. The molecule has 1 rings (SSSR count). The number of allylic oxidation sites excluding steroid dienone is 1. The van der Waals surface area contributed by atoms with Crippen molar-refractivity contribution in [3.05, 3.63) is 41.5 Å². The van der Waals surface area contributed by atoms with Gasteiger partial charge >= 0.3 is 0 Å². The van der Waals surface area contributed by atoms with E-state index >= 15 is 0 Å². The van der Waals surface area contributed by atoms with Gasteiger partial charge in [-0.15, -0.1) is 0 Å². The summed E-state index contributed by atoms with van der Waals surface area (Å²) >= 11 is 0. The Labute approximate surface area is 175 Å². The Morgan fingerprint density at radius 1 is 1.14 bits per heavy atom. The van der Waals surface area contributed by atoms with Crippen LogP contribution in [0.4, 0.5) is 0 Å². The first-order chi connectivity index (χ1) is 13.2. The Morgan fingerprint density at radius 3 is 2.17 bits per heavy atom. The summed E-state index contributed by atoms with van der Waals surface area (Å²) in [6.07, 6.45) is 2.28. The van der Waals surface area contributed by atoms with Gasteiger partial charge in [-0.05, 0) is 30.5 Å². The zero-order valence-corrected chi connectivity index (χ0v) is 20.3. The van der Waals surface area contributed by atoms with E-state index in [-0.39, 0.29) is 27.5 Å². The van der Waals surface area contributed by atoms with Gasteiger partial charge in [-0.2, -0.15) is 0 Å². The second-order valence-electron chi connectivity index (χ2n) is 8.75. The molecule has 1 aromatic carbocycles. The van der Waals surface area contributed by atoms with Crippen LogP contribution in [0.25, 0.3) is 0 Å². The van der Waals surface area contributed by atoms with Gasteiger partial charge in [0.15, 0.2) is 0 Å². The molecule has 0 aliphatic carbocycles. The largest absolute Gasteiger partial charge is 0.380 e. The van der Waals surface area contributed by atoms with Crippen LogP contribution in [-0.4, -0.2) is 41.5 Å². The number of amides is 1. The maximum Gasteiger partial charge on any atom is 0.264 e. The number of nitrogens with one attached hydrogen (secondary N) is 1. The Kier molecular flexibility index (Phi) is 8.55. The van der Waals surface area contributed by atoms with E-state index in [1.165, 1.54) is 19.2 Å². The average Bonchev–Trinajstić information content (AvgIpc) is 2.59. The fraction of sp³-hybridized carbons (Fsp3) is 0.524. The molecule has 8 heteroatoms. The van der Waals surface area contributed by atoms with Gasteiger partial charge in [0.25, 0.3) is 15.9 Å². The normalized spacial score (nSPS) is 13.3. The Hall–Kier alpha value is -1.77. The second kappa shape index (κ2) is 9.82. The van der Waals surface area contributed by atoms with Crippen LogP contribution in [0, 0.1) is 6.92 Å². The Balaban J connectivity index is 2.89. The average molecular weight is 440 g/mol. The van der Waals surface area contributed by atoms with Crippen molar-refractivity contribution in [1.29, 1.82) is 0 Å². The van der Waals surface area contributed by atoms with Crippen LogP contribution in [0.15, 0.2) is 40.8 Å². The lowest BCUT2D eigenvalue weighted by molar-refractivity contribution is -0.116. The van der Waals surface area contributed by atoms with Gasteiger partial charge in [0, 0.05) is 19.1 Å². The summed E-state index contributed by atoms with van der Waals surface area (Å²) in [7, 11) is -4.66. The van der Waals surface area contributed by atoms with Gasteiger partial charge in [0.2, 0.25) is 0 Å². The van der Waals surface area contributed by atoms with Crippen LogP contribution < -0.4 is 4.72 Å². The van der Waals surface area contributed by atoms with E-state index in [0.29, 0.717) is 12.8 Å². The van der Waals surface area contributed by atoms with Crippen LogP contribution in [0.5, 0.6) is 0 Å². The molecule has 0 saturated heterocycles. The third-order valence-electron chi connectivity index (χ3n) is 5.48. The molecule has 0 heterocycles. The molecule has 0 aromatic heterocycles. The van der Waals surface area contributed by atoms with Gasteiger partial charge < -0.3 is 9.53 Å². The number of hydrogen-bond donors (Lipinski definition) is 1. The number of carbonyl (C=O) groups excluding carboxylic acids is 2. The fourth-order valence-electron chi connectivity index (χ4n) is 2.44. The first-order valence-electron chi connectivity index (χ1n) is 9.57.